The summed E-state index contributed by atoms with van der Waals surface area (Å²) >= 11 is 0. The first-order chi connectivity index (χ1) is 10.8. The van der Waals surface area contributed by atoms with Gasteiger partial charge in [0.05, 0.1) is 0 Å². The van der Waals surface area contributed by atoms with Gasteiger partial charge in [0, 0.05) is 28.9 Å². The van der Waals surface area contributed by atoms with Crippen molar-refractivity contribution < 1.29 is 18.4 Å². The number of halogens is 2. The van der Waals surface area contributed by atoms with E-state index in [-0.39, 0.29) is 23.1 Å². The Kier molecular flexibility index (Phi) is 5.05. The number of amides is 2. The molecule has 0 atom stereocenters. The number of hydrogen-bond donors (Lipinski definition) is 2. The first-order valence-electron chi connectivity index (χ1n) is 7.03. The van der Waals surface area contributed by atoms with E-state index in [0.29, 0.717) is 5.69 Å². The minimum Gasteiger partial charge on any atom is -0.326 e. The quantitative estimate of drug-likeness (QED) is 0.900. The van der Waals surface area contributed by atoms with Crippen molar-refractivity contribution in [2.45, 2.75) is 13.8 Å². The van der Waals surface area contributed by atoms with E-state index < -0.39 is 17.5 Å². The SMILES string of the molecule is CC(C)C(=O)Nc1cccc(C(=O)Nc2cc(F)cc(F)c2)c1. The lowest BCUT2D eigenvalue weighted by Crippen LogP contribution is -2.18. The van der Waals surface area contributed by atoms with E-state index in [4.69, 9.17) is 0 Å². The van der Waals surface area contributed by atoms with Crippen LogP contribution in [-0.4, -0.2) is 11.8 Å². The zero-order valence-electron chi connectivity index (χ0n) is 12.7. The second kappa shape index (κ2) is 7.00. The molecule has 0 radical (unpaired) electrons. The van der Waals surface area contributed by atoms with Crippen LogP contribution in [0.3, 0.4) is 0 Å². The molecule has 23 heavy (non-hydrogen) atoms. The van der Waals surface area contributed by atoms with Crippen molar-refractivity contribution in [3.63, 3.8) is 0 Å². The Labute approximate surface area is 132 Å². The maximum absolute atomic E-state index is 13.1. The van der Waals surface area contributed by atoms with Crippen molar-refractivity contribution in [3.8, 4) is 0 Å². The van der Waals surface area contributed by atoms with Gasteiger partial charge in [0.1, 0.15) is 11.6 Å². The van der Waals surface area contributed by atoms with Crippen molar-refractivity contribution >= 4 is 23.2 Å². The summed E-state index contributed by atoms with van der Waals surface area (Å²) in [4.78, 5) is 23.8. The van der Waals surface area contributed by atoms with Gasteiger partial charge < -0.3 is 10.6 Å². The summed E-state index contributed by atoms with van der Waals surface area (Å²) in [6.07, 6.45) is 0. The highest BCUT2D eigenvalue weighted by atomic mass is 19.1. The fourth-order valence-corrected chi connectivity index (χ4v) is 1.85. The van der Waals surface area contributed by atoms with Gasteiger partial charge in [-0.1, -0.05) is 19.9 Å². The van der Waals surface area contributed by atoms with Crippen LogP contribution >= 0.6 is 0 Å². The van der Waals surface area contributed by atoms with Crippen molar-refractivity contribution in [1.82, 2.24) is 0 Å². The summed E-state index contributed by atoms with van der Waals surface area (Å²) in [7, 11) is 0. The molecule has 2 aromatic rings. The highest BCUT2D eigenvalue weighted by molar-refractivity contribution is 6.05. The molecule has 6 heteroatoms. The van der Waals surface area contributed by atoms with Crippen molar-refractivity contribution in [3.05, 3.63) is 59.7 Å². The molecule has 0 aliphatic heterocycles. The first-order valence-corrected chi connectivity index (χ1v) is 7.03. The minimum absolute atomic E-state index is 0.0177. The van der Waals surface area contributed by atoms with Crippen LogP contribution in [0.25, 0.3) is 0 Å². The van der Waals surface area contributed by atoms with Crippen LogP contribution in [0, 0.1) is 17.6 Å². The molecule has 0 saturated carbocycles. The Balaban J connectivity index is 2.14. The molecule has 4 nitrogen and oxygen atoms in total. The molecule has 2 amide bonds. The lowest BCUT2D eigenvalue weighted by atomic mass is 10.1. The number of nitrogens with one attached hydrogen (secondary N) is 2. The molecule has 2 N–H and O–H groups in total. The lowest BCUT2D eigenvalue weighted by Gasteiger charge is -2.10. The van der Waals surface area contributed by atoms with Crippen molar-refractivity contribution in [2.75, 3.05) is 10.6 Å². The molecule has 0 spiro atoms. The molecule has 0 saturated heterocycles. The minimum atomic E-state index is -0.779. The molecular weight excluding hydrogens is 302 g/mol. The predicted molar refractivity (Wildman–Crippen MR) is 84.2 cm³/mol. The van der Waals surface area contributed by atoms with Crippen LogP contribution < -0.4 is 10.6 Å². The second-order valence-electron chi connectivity index (χ2n) is 5.34. The van der Waals surface area contributed by atoms with Gasteiger partial charge in [-0.15, -0.1) is 0 Å². The summed E-state index contributed by atoms with van der Waals surface area (Å²) in [6.45, 7) is 3.51. The number of rotatable bonds is 4. The Bertz CT molecular complexity index is 725. The normalized spacial score (nSPS) is 10.5. The van der Waals surface area contributed by atoms with Crippen LogP contribution in [0.15, 0.2) is 42.5 Å². The van der Waals surface area contributed by atoms with Gasteiger partial charge >= 0.3 is 0 Å². The maximum atomic E-state index is 13.1. The Morgan fingerprint density at radius 1 is 0.913 bits per heavy atom. The Morgan fingerprint density at radius 2 is 1.57 bits per heavy atom. The van der Waals surface area contributed by atoms with Gasteiger partial charge in [0.15, 0.2) is 0 Å². The molecular formula is C17H16F2N2O2. The molecule has 0 unspecified atom stereocenters. The van der Waals surface area contributed by atoms with E-state index in [9.17, 15) is 18.4 Å². The average molecular weight is 318 g/mol. The van der Waals surface area contributed by atoms with Crippen LogP contribution in [0.4, 0.5) is 20.2 Å². The van der Waals surface area contributed by atoms with Gasteiger partial charge in [-0.05, 0) is 30.3 Å². The standard InChI is InChI=1S/C17H16F2N2O2/c1-10(2)16(22)20-14-5-3-4-11(6-14)17(23)21-15-8-12(18)7-13(19)9-15/h3-10H,1-2H3,(H,20,22)(H,21,23). The van der Waals surface area contributed by atoms with E-state index >= 15 is 0 Å². The molecule has 2 rings (SSSR count). The number of carbonyl (C=O) groups excluding carboxylic acids is 2. The fourth-order valence-electron chi connectivity index (χ4n) is 1.85. The number of anilines is 2. The molecule has 0 bridgehead atoms. The first kappa shape index (κ1) is 16.6. The zero-order valence-corrected chi connectivity index (χ0v) is 12.7. The number of carbonyl (C=O) groups is 2. The van der Waals surface area contributed by atoms with Gasteiger partial charge in [0.25, 0.3) is 5.91 Å². The smallest absolute Gasteiger partial charge is 0.255 e. The fraction of sp³-hybridized carbons (Fsp3) is 0.176. The third kappa shape index (κ3) is 4.60. The van der Waals surface area contributed by atoms with Gasteiger partial charge in [-0.3, -0.25) is 9.59 Å². The highest BCUT2D eigenvalue weighted by Crippen LogP contribution is 2.16. The van der Waals surface area contributed by atoms with Gasteiger partial charge in [-0.2, -0.15) is 0 Å². The zero-order chi connectivity index (χ0) is 17.0. The van der Waals surface area contributed by atoms with Crippen molar-refractivity contribution in [1.29, 1.82) is 0 Å². The van der Waals surface area contributed by atoms with Gasteiger partial charge in [0.2, 0.25) is 5.91 Å². The van der Waals surface area contributed by atoms with Crippen LogP contribution in [0.1, 0.15) is 24.2 Å². The van der Waals surface area contributed by atoms with Crippen LogP contribution in [0.5, 0.6) is 0 Å². The number of benzene rings is 2. The molecule has 0 aromatic heterocycles. The highest BCUT2D eigenvalue weighted by Gasteiger charge is 2.11. The lowest BCUT2D eigenvalue weighted by molar-refractivity contribution is -0.118. The third-order valence-corrected chi connectivity index (χ3v) is 3.04. The largest absolute Gasteiger partial charge is 0.326 e. The third-order valence-electron chi connectivity index (χ3n) is 3.04. The molecule has 2 aromatic carbocycles. The summed E-state index contributed by atoms with van der Waals surface area (Å²) in [5, 5.41) is 5.09. The summed E-state index contributed by atoms with van der Waals surface area (Å²) in [5.74, 6) is -2.45. The second-order valence-corrected chi connectivity index (χ2v) is 5.34. The van der Waals surface area contributed by atoms with E-state index in [1.54, 1.807) is 26.0 Å². The molecule has 0 fully saturated rings. The van der Waals surface area contributed by atoms with E-state index in [2.05, 4.69) is 10.6 Å². The molecule has 0 heterocycles. The molecule has 120 valence electrons. The summed E-state index contributed by atoms with van der Waals surface area (Å²) in [5.41, 5.74) is 0.752. The molecule has 0 aliphatic rings. The van der Waals surface area contributed by atoms with E-state index in [0.717, 1.165) is 18.2 Å². The van der Waals surface area contributed by atoms with E-state index in [1.807, 2.05) is 0 Å². The average Bonchev–Trinajstić information content (AvgIpc) is 2.46. The summed E-state index contributed by atoms with van der Waals surface area (Å²) in [6, 6.07) is 9.05. The van der Waals surface area contributed by atoms with Gasteiger partial charge in [-0.25, -0.2) is 8.78 Å². The topological polar surface area (TPSA) is 58.2 Å². The van der Waals surface area contributed by atoms with Crippen molar-refractivity contribution in [2.24, 2.45) is 5.92 Å². The predicted octanol–water partition coefficient (Wildman–Crippen LogP) is 3.81. The van der Waals surface area contributed by atoms with Crippen LogP contribution in [-0.2, 0) is 4.79 Å². The monoisotopic (exact) mass is 318 g/mol. The molecule has 0 aliphatic carbocycles. The van der Waals surface area contributed by atoms with Crippen LogP contribution in [0.2, 0.25) is 0 Å². The summed E-state index contributed by atoms with van der Waals surface area (Å²) < 4.78 is 26.3. The Hall–Kier alpha value is -2.76. The van der Waals surface area contributed by atoms with E-state index in [1.165, 1.54) is 12.1 Å². The number of hydrogen-bond acceptors (Lipinski definition) is 2. The maximum Gasteiger partial charge on any atom is 0.255 e. The Morgan fingerprint density at radius 3 is 2.17 bits per heavy atom.